The van der Waals surface area contributed by atoms with E-state index in [2.05, 4.69) is 0 Å². The number of hydrogen-bond donors (Lipinski definition) is 1. The quantitative estimate of drug-likeness (QED) is 0.810. The molecule has 22 heavy (non-hydrogen) atoms. The number of carboxylic acids is 1. The van der Waals surface area contributed by atoms with Gasteiger partial charge in [0.25, 0.3) is 0 Å². The van der Waals surface area contributed by atoms with E-state index in [4.69, 9.17) is 4.74 Å². The van der Waals surface area contributed by atoms with Crippen LogP contribution in [0.25, 0.3) is 0 Å². The molecule has 0 aliphatic carbocycles. The molecule has 0 saturated carbocycles. The second-order valence-corrected chi connectivity index (χ2v) is 7.46. The summed E-state index contributed by atoms with van der Waals surface area (Å²) in [6.07, 6.45) is -0.750. The lowest BCUT2D eigenvalue weighted by molar-refractivity contribution is -0.158. The van der Waals surface area contributed by atoms with E-state index in [1.165, 1.54) is 0 Å². The Hall–Kier alpha value is -1.59. The number of amides is 1. The standard InChI is InChI=1S/C16H27NO5/c1-9(2)11(4)16(13(19)20)12(18)10(3)8-17(16)14(21)22-15(5,6)7/h9-11H,8H2,1-7H3,(H,19,20)/t10-,11-,16+/m0/s1. The minimum absolute atomic E-state index is 0.0666. The first-order chi connectivity index (χ1) is 9.85. The molecule has 1 aliphatic rings. The van der Waals surface area contributed by atoms with E-state index in [-0.39, 0.29) is 12.5 Å². The molecule has 0 unspecified atom stereocenters. The average Bonchev–Trinajstić information content (AvgIpc) is 2.60. The molecule has 1 N–H and O–H groups in total. The van der Waals surface area contributed by atoms with Gasteiger partial charge in [0.1, 0.15) is 5.60 Å². The summed E-state index contributed by atoms with van der Waals surface area (Å²) in [6, 6.07) is 0. The molecule has 126 valence electrons. The van der Waals surface area contributed by atoms with Crippen LogP contribution >= 0.6 is 0 Å². The third-order valence-corrected chi connectivity index (χ3v) is 4.30. The van der Waals surface area contributed by atoms with Gasteiger partial charge in [-0.3, -0.25) is 9.69 Å². The number of Topliss-reactive ketones (excluding diaryl/α,β-unsaturated/α-hetero) is 1. The Labute approximate surface area is 131 Å². The summed E-state index contributed by atoms with van der Waals surface area (Å²) in [4.78, 5) is 38.3. The highest BCUT2D eigenvalue weighted by Crippen LogP contribution is 2.40. The third-order valence-electron chi connectivity index (χ3n) is 4.30. The van der Waals surface area contributed by atoms with Crippen molar-refractivity contribution in [3.05, 3.63) is 0 Å². The Balaban J connectivity index is 3.37. The Bertz CT molecular complexity index is 479. The van der Waals surface area contributed by atoms with Crippen LogP contribution in [0.4, 0.5) is 4.79 Å². The smallest absolute Gasteiger partial charge is 0.411 e. The molecule has 0 aromatic heterocycles. The lowest BCUT2D eigenvalue weighted by Crippen LogP contribution is -2.62. The van der Waals surface area contributed by atoms with Crippen molar-refractivity contribution in [1.82, 2.24) is 4.90 Å². The molecule has 0 aromatic carbocycles. The van der Waals surface area contributed by atoms with E-state index in [1.54, 1.807) is 34.6 Å². The van der Waals surface area contributed by atoms with E-state index in [0.717, 1.165) is 4.90 Å². The molecular formula is C16H27NO5. The number of aliphatic carboxylic acids is 1. The van der Waals surface area contributed by atoms with Crippen molar-refractivity contribution in [3.8, 4) is 0 Å². The number of ether oxygens (including phenoxy) is 1. The Morgan fingerprint density at radius 3 is 2.18 bits per heavy atom. The lowest BCUT2D eigenvalue weighted by Gasteiger charge is -2.40. The van der Waals surface area contributed by atoms with Gasteiger partial charge >= 0.3 is 12.1 Å². The van der Waals surface area contributed by atoms with Crippen LogP contribution < -0.4 is 0 Å². The third kappa shape index (κ3) is 2.96. The monoisotopic (exact) mass is 313 g/mol. The van der Waals surface area contributed by atoms with Crippen molar-refractivity contribution in [1.29, 1.82) is 0 Å². The number of hydrogen-bond acceptors (Lipinski definition) is 4. The van der Waals surface area contributed by atoms with Gasteiger partial charge in [-0.2, -0.15) is 0 Å². The predicted octanol–water partition coefficient (Wildman–Crippen LogP) is 2.56. The van der Waals surface area contributed by atoms with Crippen LogP contribution in [-0.2, 0) is 14.3 Å². The number of nitrogens with zero attached hydrogens (tertiary/aromatic N) is 1. The highest BCUT2D eigenvalue weighted by molar-refractivity contribution is 6.13. The van der Waals surface area contributed by atoms with E-state index in [9.17, 15) is 19.5 Å². The Kier molecular flexibility index (Phi) is 4.94. The summed E-state index contributed by atoms with van der Waals surface area (Å²) in [5.41, 5.74) is -2.60. The molecule has 0 spiro atoms. The molecule has 3 atom stereocenters. The largest absolute Gasteiger partial charge is 0.479 e. The summed E-state index contributed by atoms with van der Waals surface area (Å²) in [5.74, 6) is -2.82. The molecule has 1 heterocycles. The average molecular weight is 313 g/mol. The summed E-state index contributed by atoms with van der Waals surface area (Å²) in [5, 5.41) is 9.82. The molecule has 0 aromatic rings. The first kappa shape index (κ1) is 18.5. The maximum absolute atomic E-state index is 12.7. The van der Waals surface area contributed by atoms with Crippen LogP contribution in [0.2, 0.25) is 0 Å². The van der Waals surface area contributed by atoms with Crippen molar-refractivity contribution in [2.24, 2.45) is 17.8 Å². The van der Waals surface area contributed by atoms with Crippen LogP contribution in [0, 0.1) is 17.8 Å². The highest BCUT2D eigenvalue weighted by Gasteiger charge is 2.63. The molecule has 6 heteroatoms. The molecule has 1 amide bonds. The topological polar surface area (TPSA) is 83.9 Å². The number of likely N-dealkylation sites (tertiary alicyclic amines) is 1. The zero-order valence-corrected chi connectivity index (χ0v) is 14.5. The number of rotatable bonds is 3. The second-order valence-electron chi connectivity index (χ2n) is 7.46. The molecule has 6 nitrogen and oxygen atoms in total. The minimum Gasteiger partial charge on any atom is -0.479 e. The van der Waals surface area contributed by atoms with E-state index in [1.807, 2.05) is 13.8 Å². The van der Waals surface area contributed by atoms with Gasteiger partial charge < -0.3 is 9.84 Å². The van der Waals surface area contributed by atoms with Gasteiger partial charge in [0.15, 0.2) is 5.78 Å². The number of ketones is 1. The van der Waals surface area contributed by atoms with Crippen LogP contribution in [0.1, 0.15) is 48.5 Å². The fourth-order valence-corrected chi connectivity index (χ4v) is 2.91. The highest BCUT2D eigenvalue weighted by atomic mass is 16.6. The van der Waals surface area contributed by atoms with Crippen molar-refractivity contribution in [2.75, 3.05) is 6.54 Å². The van der Waals surface area contributed by atoms with Crippen LogP contribution in [0.15, 0.2) is 0 Å². The van der Waals surface area contributed by atoms with E-state index in [0.29, 0.717) is 0 Å². The summed E-state index contributed by atoms with van der Waals surface area (Å²) < 4.78 is 5.33. The molecule has 0 radical (unpaired) electrons. The second kappa shape index (κ2) is 5.89. The summed E-state index contributed by atoms with van der Waals surface area (Å²) >= 11 is 0. The van der Waals surface area contributed by atoms with Crippen molar-refractivity contribution < 1.29 is 24.2 Å². The molecule has 1 aliphatic heterocycles. The van der Waals surface area contributed by atoms with Crippen LogP contribution in [0.5, 0.6) is 0 Å². The van der Waals surface area contributed by atoms with Gasteiger partial charge in [0.05, 0.1) is 0 Å². The Morgan fingerprint density at radius 2 is 1.82 bits per heavy atom. The molecule has 1 fully saturated rings. The maximum atomic E-state index is 12.7. The van der Waals surface area contributed by atoms with E-state index < -0.39 is 40.8 Å². The fourth-order valence-electron chi connectivity index (χ4n) is 2.91. The lowest BCUT2D eigenvalue weighted by atomic mass is 9.74. The zero-order valence-electron chi connectivity index (χ0n) is 14.5. The fraction of sp³-hybridized carbons (Fsp3) is 0.812. The van der Waals surface area contributed by atoms with Gasteiger partial charge in [-0.05, 0) is 32.6 Å². The summed E-state index contributed by atoms with van der Waals surface area (Å²) in [6.45, 7) is 12.2. The van der Waals surface area contributed by atoms with Gasteiger partial charge in [-0.1, -0.05) is 27.7 Å². The van der Waals surface area contributed by atoms with Crippen molar-refractivity contribution >= 4 is 17.8 Å². The number of carbonyl (C=O) groups is 3. The Morgan fingerprint density at radius 1 is 1.32 bits per heavy atom. The van der Waals surface area contributed by atoms with Gasteiger partial charge in [0, 0.05) is 12.5 Å². The number of carboxylic acid groups (broad SMARTS) is 1. The molecule has 1 rings (SSSR count). The van der Waals surface area contributed by atoms with Gasteiger partial charge in [0.2, 0.25) is 5.54 Å². The van der Waals surface area contributed by atoms with Gasteiger partial charge in [-0.15, -0.1) is 0 Å². The van der Waals surface area contributed by atoms with Crippen LogP contribution in [-0.4, -0.2) is 45.5 Å². The zero-order chi connectivity index (χ0) is 17.5. The maximum Gasteiger partial charge on any atom is 0.411 e. The minimum atomic E-state index is -1.85. The number of carbonyl (C=O) groups excluding carboxylic acids is 2. The van der Waals surface area contributed by atoms with Crippen molar-refractivity contribution in [3.63, 3.8) is 0 Å². The first-order valence-corrected chi connectivity index (χ1v) is 7.64. The molecule has 1 saturated heterocycles. The van der Waals surface area contributed by atoms with E-state index >= 15 is 0 Å². The summed E-state index contributed by atoms with van der Waals surface area (Å²) in [7, 11) is 0. The first-order valence-electron chi connectivity index (χ1n) is 7.64. The molecular weight excluding hydrogens is 286 g/mol. The van der Waals surface area contributed by atoms with Gasteiger partial charge in [-0.25, -0.2) is 9.59 Å². The van der Waals surface area contributed by atoms with Crippen LogP contribution in [0.3, 0.4) is 0 Å². The SMILES string of the molecule is CC(C)[C@H](C)[C@]1(C(=O)O)C(=O)[C@@H](C)CN1C(=O)OC(C)(C)C. The predicted molar refractivity (Wildman–Crippen MR) is 81.5 cm³/mol. The normalized spacial score (nSPS) is 27.2. The van der Waals surface area contributed by atoms with Crippen molar-refractivity contribution in [2.45, 2.75) is 59.6 Å². The molecule has 0 bridgehead atoms.